The number of carbonyl (C=O) groups excluding carboxylic acids is 3. The molecule has 2 amide bonds. The van der Waals surface area contributed by atoms with E-state index in [2.05, 4.69) is 0 Å². The fraction of sp³-hybridized carbons (Fsp3) is 0.211. The van der Waals surface area contributed by atoms with Crippen LogP contribution in [0.5, 0.6) is 0 Å². The highest BCUT2D eigenvalue weighted by atomic mass is 16.7. The highest BCUT2D eigenvalue weighted by Crippen LogP contribution is 2.31. The predicted octanol–water partition coefficient (Wildman–Crippen LogP) is 2.86. The number of amides is 2. The number of hydroxylamine groups is 2. The van der Waals surface area contributed by atoms with Gasteiger partial charge in [-0.25, -0.2) is 0 Å². The molecular weight excluding hydrogens is 306 g/mol. The van der Waals surface area contributed by atoms with E-state index < -0.39 is 17.7 Å². The summed E-state index contributed by atoms with van der Waals surface area (Å²) >= 11 is 0. The van der Waals surface area contributed by atoms with E-state index in [1.54, 1.807) is 31.2 Å². The van der Waals surface area contributed by atoms with Crippen LogP contribution < -0.4 is 0 Å². The molecular formula is C19H17NO4. The van der Waals surface area contributed by atoms with Crippen LogP contribution in [0.2, 0.25) is 0 Å². The normalized spacial score (nSPS) is 16.9. The molecule has 0 spiro atoms. The average molecular weight is 323 g/mol. The summed E-state index contributed by atoms with van der Waals surface area (Å²) < 4.78 is 0. The molecule has 122 valence electrons. The van der Waals surface area contributed by atoms with Gasteiger partial charge in [0.1, 0.15) is 18.3 Å². The standard InChI is InChI=1S/C19H17NO4/c1-2-16(21)17-14-10-6-7-11-15(14)18(22)20(19(17)23)24-12-13-8-4-3-5-9-13/h3-11,17H,2,12H2,1H3. The van der Waals surface area contributed by atoms with Crippen LogP contribution in [-0.2, 0) is 21.0 Å². The maximum Gasteiger partial charge on any atom is 0.285 e. The molecule has 2 aromatic rings. The topological polar surface area (TPSA) is 63.7 Å². The van der Waals surface area contributed by atoms with Gasteiger partial charge < -0.3 is 0 Å². The third-order valence-corrected chi connectivity index (χ3v) is 4.01. The first kappa shape index (κ1) is 16.1. The number of imide groups is 1. The van der Waals surface area contributed by atoms with E-state index in [9.17, 15) is 14.4 Å². The number of nitrogens with zero attached hydrogens (tertiary/aromatic N) is 1. The summed E-state index contributed by atoms with van der Waals surface area (Å²) in [5.74, 6) is -2.37. The number of hydrogen-bond donors (Lipinski definition) is 0. The van der Waals surface area contributed by atoms with Crippen LogP contribution in [0.15, 0.2) is 54.6 Å². The molecule has 0 aliphatic carbocycles. The highest BCUT2D eigenvalue weighted by molar-refractivity contribution is 6.18. The van der Waals surface area contributed by atoms with Crippen molar-refractivity contribution in [1.29, 1.82) is 0 Å². The smallest absolute Gasteiger partial charge is 0.285 e. The zero-order chi connectivity index (χ0) is 17.1. The van der Waals surface area contributed by atoms with Crippen LogP contribution in [0.4, 0.5) is 0 Å². The monoisotopic (exact) mass is 323 g/mol. The lowest BCUT2D eigenvalue weighted by atomic mass is 9.85. The van der Waals surface area contributed by atoms with Crippen LogP contribution in [0.1, 0.15) is 40.7 Å². The molecule has 3 rings (SSSR count). The van der Waals surface area contributed by atoms with Gasteiger partial charge in [-0.2, -0.15) is 0 Å². The molecule has 24 heavy (non-hydrogen) atoms. The number of rotatable bonds is 5. The minimum atomic E-state index is -0.986. The Balaban J connectivity index is 1.92. The van der Waals surface area contributed by atoms with E-state index in [0.717, 1.165) is 10.6 Å². The first-order valence-electron chi connectivity index (χ1n) is 7.80. The van der Waals surface area contributed by atoms with Crippen molar-refractivity contribution in [2.45, 2.75) is 25.9 Å². The second-order valence-electron chi connectivity index (χ2n) is 5.54. The number of carbonyl (C=O) groups is 3. The van der Waals surface area contributed by atoms with Crippen molar-refractivity contribution in [2.24, 2.45) is 0 Å². The number of Topliss-reactive ketones (excluding diaryl/α,β-unsaturated/α-hetero) is 1. The predicted molar refractivity (Wildman–Crippen MR) is 86.9 cm³/mol. The number of fused-ring (bicyclic) bond motifs is 1. The Morgan fingerprint density at radius 2 is 1.71 bits per heavy atom. The molecule has 1 unspecified atom stereocenters. The van der Waals surface area contributed by atoms with Crippen LogP contribution >= 0.6 is 0 Å². The Hall–Kier alpha value is -2.79. The van der Waals surface area contributed by atoms with Crippen LogP contribution in [0, 0.1) is 0 Å². The van der Waals surface area contributed by atoms with Crippen molar-refractivity contribution in [1.82, 2.24) is 5.06 Å². The maximum absolute atomic E-state index is 12.7. The molecule has 0 aromatic heterocycles. The Kier molecular flexibility index (Phi) is 4.53. The van der Waals surface area contributed by atoms with Crippen molar-refractivity contribution in [3.63, 3.8) is 0 Å². The second-order valence-corrected chi connectivity index (χ2v) is 5.54. The number of benzene rings is 2. The molecule has 1 aliphatic heterocycles. The van der Waals surface area contributed by atoms with Gasteiger partial charge >= 0.3 is 0 Å². The Bertz CT molecular complexity index is 785. The SMILES string of the molecule is CCC(=O)C1C(=O)N(OCc2ccccc2)C(=O)c2ccccc21. The molecule has 0 radical (unpaired) electrons. The maximum atomic E-state index is 12.7. The zero-order valence-corrected chi connectivity index (χ0v) is 13.3. The molecule has 0 fully saturated rings. The molecule has 0 bridgehead atoms. The second kappa shape index (κ2) is 6.76. The quantitative estimate of drug-likeness (QED) is 0.627. The Morgan fingerprint density at radius 3 is 2.42 bits per heavy atom. The first-order chi connectivity index (χ1) is 11.6. The molecule has 5 heteroatoms. The first-order valence-corrected chi connectivity index (χ1v) is 7.80. The van der Waals surface area contributed by atoms with Gasteiger partial charge in [0.15, 0.2) is 0 Å². The van der Waals surface area contributed by atoms with Gasteiger partial charge in [-0.05, 0) is 17.2 Å². The summed E-state index contributed by atoms with van der Waals surface area (Å²) in [5, 5.41) is 0.730. The van der Waals surface area contributed by atoms with Crippen molar-refractivity contribution in [3.05, 3.63) is 71.3 Å². The van der Waals surface area contributed by atoms with Gasteiger partial charge in [-0.1, -0.05) is 55.5 Å². The molecule has 0 saturated heterocycles. The van der Waals surface area contributed by atoms with E-state index in [-0.39, 0.29) is 18.8 Å². The van der Waals surface area contributed by atoms with Gasteiger partial charge in [-0.15, -0.1) is 5.06 Å². The fourth-order valence-corrected chi connectivity index (χ4v) is 2.75. The lowest BCUT2D eigenvalue weighted by molar-refractivity contribution is -0.177. The van der Waals surface area contributed by atoms with Crippen LogP contribution in [-0.4, -0.2) is 22.7 Å². The minimum Gasteiger partial charge on any atom is -0.298 e. The third kappa shape index (κ3) is 2.86. The lowest BCUT2D eigenvalue weighted by Gasteiger charge is -2.30. The van der Waals surface area contributed by atoms with Gasteiger partial charge in [0.2, 0.25) is 0 Å². The molecule has 1 heterocycles. The summed E-state index contributed by atoms with van der Waals surface area (Å²) in [4.78, 5) is 43.0. The molecule has 1 atom stereocenters. The summed E-state index contributed by atoms with van der Waals surface area (Å²) in [6.07, 6.45) is 0.214. The van der Waals surface area contributed by atoms with E-state index in [0.29, 0.717) is 11.1 Å². The van der Waals surface area contributed by atoms with E-state index in [1.165, 1.54) is 0 Å². The lowest BCUT2D eigenvalue weighted by Crippen LogP contribution is -2.46. The fourth-order valence-electron chi connectivity index (χ4n) is 2.75. The van der Waals surface area contributed by atoms with E-state index in [4.69, 9.17) is 4.84 Å². The van der Waals surface area contributed by atoms with Gasteiger partial charge in [0.25, 0.3) is 11.8 Å². The Labute approximate surface area is 139 Å². The van der Waals surface area contributed by atoms with Gasteiger partial charge in [0, 0.05) is 12.0 Å². The average Bonchev–Trinajstić information content (AvgIpc) is 2.62. The molecule has 0 N–H and O–H groups in total. The molecule has 0 saturated carbocycles. The Morgan fingerprint density at radius 1 is 1.04 bits per heavy atom. The van der Waals surface area contributed by atoms with Crippen molar-refractivity contribution < 1.29 is 19.2 Å². The van der Waals surface area contributed by atoms with Crippen molar-refractivity contribution in [3.8, 4) is 0 Å². The molecule has 1 aliphatic rings. The molecule has 2 aromatic carbocycles. The summed E-state index contributed by atoms with van der Waals surface area (Å²) in [6, 6.07) is 15.9. The number of hydrogen-bond acceptors (Lipinski definition) is 4. The summed E-state index contributed by atoms with van der Waals surface area (Å²) in [6.45, 7) is 1.78. The van der Waals surface area contributed by atoms with E-state index in [1.807, 2.05) is 30.3 Å². The summed E-state index contributed by atoms with van der Waals surface area (Å²) in [5.41, 5.74) is 1.62. The number of ketones is 1. The van der Waals surface area contributed by atoms with Crippen molar-refractivity contribution >= 4 is 17.6 Å². The zero-order valence-electron chi connectivity index (χ0n) is 13.3. The van der Waals surface area contributed by atoms with Gasteiger partial charge in [0.05, 0.1) is 0 Å². The van der Waals surface area contributed by atoms with Crippen LogP contribution in [0.3, 0.4) is 0 Å². The van der Waals surface area contributed by atoms with Gasteiger partial charge in [-0.3, -0.25) is 19.2 Å². The third-order valence-electron chi connectivity index (χ3n) is 4.01. The largest absolute Gasteiger partial charge is 0.298 e. The summed E-state index contributed by atoms with van der Waals surface area (Å²) in [7, 11) is 0. The highest BCUT2D eigenvalue weighted by Gasteiger charge is 2.42. The molecule has 5 nitrogen and oxygen atoms in total. The van der Waals surface area contributed by atoms with Crippen LogP contribution in [0.25, 0.3) is 0 Å². The minimum absolute atomic E-state index is 0.0769. The van der Waals surface area contributed by atoms with Crippen molar-refractivity contribution in [2.75, 3.05) is 0 Å². The van der Waals surface area contributed by atoms with E-state index >= 15 is 0 Å².